The average Bonchev–Trinajstić information content (AvgIpc) is 2.73. The van der Waals surface area contributed by atoms with Gasteiger partial charge in [0.15, 0.2) is 0 Å². The summed E-state index contributed by atoms with van der Waals surface area (Å²) in [6.07, 6.45) is 1.32. The van der Waals surface area contributed by atoms with Gasteiger partial charge < -0.3 is 10.4 Å². The molecule has 1 rings (SSSR count). The number of hydrogen-bond donors (Lipinski definition) is 2. The van der Waals surface area contributed by atoms with Crippen molar-refractivity contribution < 1.29 is 14.7 Å². The summed E-state index contributed by atoms with van der Waals surface area (Å²) in [7, 11) is 1.91. The fraction of sp³-hybridized carbons (Fsp3) is 0.615. The normalized spacial score (nSPS) is 12.2. The molecule has 1 heterocycles. The highest BCUT2D eigenvalue weighted by atomic mass is 32.2. The van der Waals surface area contributed by atoms with Crippen molar-refractivity contribution in [3.8, 4) is 0 Å². The van der Waals surface area contributed by atoms with Crippen molar-refractivity contribution in [1.29, 1.82) is 0 Å². The van der Waals surface area contributed by atoms with Crippen LogP contribution in [-0.2, 0) is 28.8 Å². The number of amides is 1. The molecule has 0 saturated carbocycles. The van der Waals surface area contributed by atoms with Crippen LogP contribution < -0.4 is 5.32 Å². The molecular weight excluding hydrogens is 278 g/mol. The van der Waals surface area contributed by atoms with Gasteiger partial charge in [0, 0.05) is 25.4 Å². The van der Waals surface area contributed by atoms with E-state index in [-0.39, 0.29) is 5.91 Å². The minimum Gasteiger partial charge on any atom is -0.480 e. The van der Waals surface area contributed by atoms with E-state index >= 15 is 0 Å². The lowest BCUT2D eigenvalue weighted by Crippen LogP contribution is -2.39. The maximum absolute atomic E-state index is 11.0. The van der Waals surface area contributed by atoms with Crippen molar-refractivity contribution >= 4 is 23.6 Å². The van der Waals surface area contributed by atoms with Crippen LogP contribution in [-0.4, -0.2) is 38.6 Å². The molecule has 0 aliphatic rings. The van der Waals surface area contributed by atoms with Gasteiger partial charge in [0.1, 0.15) is 6.04 Å². The number of thioether (sulfide) groups is 1. The highest BCUT2D eigenvalue weighted by Crippen LogP contribution is 2.15. The average molecular weight is 299 g/mol. The Morgan fingerprint density at radius 3 is 2.75 bits per heavy atom. The second kappa shape index (κ2) is 7.94. The summed E-state index contributed by atoms with van der Waals surface area (Å²) in [6.45, 7) is 3.38. The molecule has 1 aromatic rings. The SMILES string of the molecule is CCc1cc(CSCCC(NC(C)=O)C(=O)O)n(C)n1. The second-order valence-electron chi connectivity index (χ2n) is 4.54. The number of carbonyl (C=O) groups excluding carboxylic acids is 1. The Balaban J connectivity index is 2.37. The van der Waals surface area contributed by atoms with Crippen LogP contribution >= 0.6 is 11.8 Å². The summed E-state index contributed by atoms with van der Waals surface area (Å²) in [6, 6.07) is 1.26. The predicted molar refractivity (Wildman–Crippen MR) is 78.6 cm³/mol. The number of nitrogens with one attached hydrogen (secondary N) is 1. The van der Waals surface area contributed by atoms with Crippen molar-refractivity contribution in [3.63, 3.8) is 0 Å². The van der Waals surface area contributed by atoms with E-state index in [4.69, 9.17) is 5.11 Å². The monoisotopic (exact) mass is 299 g/mol. The van der Waals surface area contributed by atoms with E-state index in [9.17, 15) is 9.59 Å². The molecule has 6 nitrogen and oxygen atoms in total. The predicted octanol–water partition coefficient (Wildman–Crippen LogP) is 1.20. The summed E-state index contributed by atoms with van der Waals surface area (Å²) in [5, 5.41) is 15.8. The summed E-state index contributed by atoms with van der Waals surface area (Å²) < 4.78 is 1.86. The van der Waals surface area contributed by atoms with Gasteiger partial charge >= 0.3 is 5.97 Å². The molecule has 0 radical (unpaired) electrons. The van der Waals surface area contributed by atoms with Gasteiger partial charge in [-0.15, -0.1) is 0 Å². The van der Waals surface area contributed by atoms with Crippen LogP contribution in [0.15, 0.2) is 6.07 Å². The maximum Gasteiger partial charge on any atom is 0.326 e. The fourth-order valence-corrected chi connectivity index (χ4v) is 2.79. The molecule has 7 heteroatoms. The number of aliphatic carboxylic acids is 1. The zero-order chi connectivity index (χ0) is 15.1. The van der Waals surface area contributed by atoms with E-state index in [0.717, 1.165) is 23.6 Å². The number of carboxylic acids is 1. The zero-order valence-electron chi connectivity index (χ0n) is 12.0. The Hall–Kier alpha value is -1.50. The van der Waals surface area contributed by atoms with Crippen LogP contribution in [0.1, 0.15) is 31.7 Å². The summed E-state index contributed by atoms with van der Waals surface area (Å²) >= 11 is 1.64. The first-order chi connectivity index (χ1) is 9.43. The second-order valence-corrected chi connectivity index (χ2v) is 5.64. The van der Waals surface area contributed by atoms with Gasteiger partial charge in [-0.1, -0.05) is 6.92 Å². The molecule has 2 N–H and O–H groups in total. The molecule has 112 valence electrons. The molecule has 1 amide bonds. The number of aromatic nitrogens is 2. The third-order valence-corrected chi connectivity index (χ3v) is 3.89. The molecule has 0 saturated heterocycles. The number of carboxylic acid groups (broad SMARTS) is 1. The van der Waals surface area contributed by atoms with Crippen LogP contribution in [0.25, 0.3) is 0 Å². The van der Waals surface area contributed by atoms with E-state index in [1.165, 1.54) is 6.92 Å². The maximum atomic E-state index is 11.0. The van der Waals surface area contributed by atoms with Crippen molar-refractivity contribution in [2.75, 3.05) is 5.75 Å². The Bertz CT molecular complexity index is 473. The molecule has 20 heavy (non-hydrogen) atoms. The molecular formula is C13H21N3O3S. The van der Waals surface area contributed by atoms with Crippen molar-refractivity contribution in [3.05, 3.63) is 17.5 Å². The number of carbonyl (C=O) groups is 2. The van der Waals surface area contributed by atoms with Gasteiger partial charge in [0.25, 0.3) is 0 Å². The molecule has 0 bridgehead atoms. The van der Waals surface area contributed by atoms with Crippen molar-refractivity contribution in [2.24, 2.45) is 7.05 Å². The number of aryl methyl sites for hydroxylation is 2. The molecule has 0 aliphatic carbocycles. The lowest BCUT2D eigenvalue weighted by Gasteiger charge is -2.12. The highest BCUT2D eigenvalue weighted by molar-refractivity contribution is 7.98. The molecule has 0 fully saturated rings. The van der Waals surface area contributed by atoms with E-state index in [1.54, 1.807) is 11.8 Å². The number of nitrogens with zero attached hydrogens (tertiary/aromatic N) is 2. The quantitative estimate of drug-likeness (QED) is 0.705. The first-order valence-electron chi connectivity index (χ1n) is 6.53. The third-order valence-electron chi connectivity index (χ3n) is 2.87. The molecule has 0 aliphatic heterocycles. The van der Waals surface area contributed by atoms with Crippen LogP contribution in [0.2, 0.25) is 0 Å². The lowest BCUT2D eigenvalue weighted by atomic mass is 10.2. The van der Waals surface area contributed by atoms with Crippen LogP contribution in [0.5, 0.6) is 0 Å². The van der Waals surface area contributed by atoms with Gasteiger partial charge in [0.2, 0.25) is 5.91 Å². The minimum atomic E-state index is -0.991. The first kappa shape index (κ1) is 16.6. The Morgan fingerprint density at radius 2 is 2.25 bits per heavy atom. The third kappa shape index (κ3) is 5.24. The molecule has 0 aromatic carbocycles. The standard InChI is InChI=1S/C13H21N3O3S/c1-4-10-7-11(16(3)15-10)8-20-6-5-12(13(18)19)14-9(2)17/h7,12H,4-6,8H2,1-3H3,(H,14,17)(H,18,19). The molecule has 0 spiro atoms. The molecule has 1 aromatic heterocycles. The van der Waals surface area contributed by atoms with Crippen LogP contribution in [0.3, 0.4) is 0 Å². The molecule has 1 atom stereocenters. The summed E-state index contributed by atoms with van der Waals surface area (Å²) in [5.41, 5.74) is 2.18. The van der Waals surface area contributed by atoms with Gasteiger partial charge in [-0.25, -0.2) is 4.79 Å². The minimum absolute atomic E-state index is 0.318. The first-order valence-corrected chi connectivity index (χ1v) is 7.69. The van der Waals surface area contributed by atoms with E-state index in [1.807, 2.05) is 11.7 Å². The number of hydrogen-bond acceptors (Lipinski definition) is 4. The smallest absolute Gasteiger partial charge is 0.326 e. The topological polar surface area (TPSA) is 84.2 Å². The zero-order valence-corrected chi connectivity index (χ0v) is 12.9. The van der Waals surface area contributed by atoms with Crippen LogP contribution in [0.4, 0.5) is 0 Å². The van der Waals surface area contributed by atoms with Crippen LogP contribution in [0, 0.1) is 0 Å². The fourth-order valence-electron chi connectivity index (χ4n) is 1.76. The Morgan fingerprint density at radius 1 is 1.55 bits per heavy atom. The van der Waals surface area contributed by atoms with Crippen molar-refractivity contribution in [2.45, 2.75) is 38.5 Å². The van der Waals surface area contributed by atoms with Gasteiger partial charge in [0.05, 0.1) is 5.69 Å². The van der Waals surface area contributed by atoms with E-state index in [0.29, 0.717) is 12.2 Å². The highest BCUT2D eigenvalue weighted by Gasteiger charge is 2.17. The lowest BCUT2D eigenvalue weighted by molar-refractivity contribution is -0.141. The van der Waals surface area contributed by atoms with Gasteiger partial charge in [-0.05, 0) is 24.7 Å². The van der Waals surface area contributed by atoms with E-state index < -0.39 is 12.0 Å². The van der Waals surface area contributed by atoms with Crippen molar-refractivity contribution in [1.82, 2.24) is 15.1 Å². The number of rotatable bonds is 8. The summed E-state index contributed by atoms with van der Waals surface area (Å²) in [4.78, 5) is 21.9. The Kier molecular flexibility index (Phi) is 6.57. The largest absolute Gasteiger partial charge is 0.480 e. The van der Waals surface area contributed by atoms with Gasteiger partial charge in [-0.2, -0.15) is 16.9 Å². The summed E-state index contributed by atoms with van der Waals surface area (Å²) in [5.74, 6) is 0.149. The van der Waals surface area contributed by atoms with E-state index in [2.05, 4.69) is 23.4 Å². The molecule has 1 unspecified atom stereocenters. The Labute approximate surface area is 122 Å². The van der Waals surface area contributed by atoms with Gasteiger partial charge in [-0.3, -0.25) is 9.48 Å².